The van der Waals surface area contributed by atoms with Gasteiger partial charge in [0, 0.05) is 13.1 Å². The molecule has 120 valence electrons. The van der Waals surface area contributed by atoms with E-state index < -0.39 is 0 Å². The first-order valence-corrected chi connectivity index (χ1v) is 8.55. The summed E-state index contributed by atoms with van der Waals surface area (Å²) in [6, 6.07) is 16.1. The lowest BCUT2D eigenvalue weighted by atomic mass is 10.2. The molecule has 23 heavy (non-hydrogen) atoms. The van der Waals surface area contributed by atoms with Crippen LogP contribution in [0.3, 0.4) is 0 Å². The summed E-state index contributed by atoms with van der Waals surface area (Å²) in [6.45, 7) is 4.73. The van der Waals surface area contributed by atoms with Gasteiger partial charge in [0.2, 0.25) is 0 Å². The van der Waals surface area contributed by atoms with Crippen molar-refractivity contribution >= 4 is 21.6 Å². The number of hydrogen-bond acceptors (Lipinski definition) is 5. The summed E-state index contributed by atoms with van der Waals surface area (Å²) >= 11 is 1.55. The Morgan fingerprint density at radius 2 is 1.91 bits per heavy atom. The molecule has 0 saturated heterocycles. The Morgan fingerprint density at radius 3 is 2.61 bits per heavy atom. The Hall–Kier alpha value is -1.95. The third kappa shape index (κ3) is 4.07. The van der Waals surface area contributed by atoms with Gasteiger partial charge in [0.1, 0.15) is 5.75 Å². The second-order valence-corrected chi connectivity index (χ2v) is 6.28. The Labute approximate surface area is 140 Å². The minimum atomic E-state index is 0.187. The highest BCUT2D eigenvalue weighted by Crippen LogP contribution is 2.31. The summed E-state index contributed by atoms with van der Waals surface area (Å²) < 4.78 is 6.98. The number of rotatable bonds is 7. The number of nitrogens with zero attached hydrogens (tertiary/aromatic N) is 2. The summed E-state index contributed by atoms with van der Waals surface area (Å²) in [6.07, 6.45) is 0. The van der Waals surface area contributed by atoms with E-state index in [0.717, 1.165) is 29.1 Å². The van der Waals surface area contributed by atoms with Crippen LogP contribution in [-0.2, 0) is 6.54 Å². The molecule has 1 aromatic heterocycles. The number of fused-ring (bicyclic) bond motifs is 1. The lowest BCUT2D eigenvalue weighted by molar-refractivity contribution is 0.197. The molecular weight excluding hydrogens is 308 g/mol. The zero-order valence-electron chi connectivity index (χ0n) is 13.1. The average molecular weight is 328 g/mol. The zero-order valence-corrected chi connectivity index (χ0v) is 13.9. The molecule has 2 aromatic carbocycles. The predicted molar refractivity (Wildman–Crippen MR) is 94.2 cm³/mol. The average Bonchev–Trinajstić information content (AvgIpc) is 2.98. The zero-order chi connectivity index (χ0) is 16.1. The van der Waals surface area contributed by atoms with E-state index in [9.17, 15) is 0 Å². The molecule has 0 fully saturated rings. The quantitative estimate of drug-likeness (QED) is 0.714. The van der Waals surface area contributed by atoms with Crippen molar-refractivity contribution in [1.82, 2.24) is 9.88 Å². The summed E-state index contributed by atoms with van der Waals surface area (Å²) in [4.78, 5) is 6.67. The first-order chi connectivity index (χ1) is 11.3. The fraction of sp³-hybridized carbons (Fsp3) is 0.278. The topological polar surface area (TPSA) is 45.6 Å². The van der Waals surface area contributed by atoms with E-state index in [1.807, 2.05) is 36.4 Å². The van der Waals surface area contributed by atoms with Gasteiger partial charge in [-0.1, -0.05) is 42.5 Å². The molecule has 0 aliphatic rings. The van der Waals surface area contributed by atoms with Crippen LogP contribution < -0.4 is 4.74 Å². The summed E-state index contributed by atoms with van der Waals surface area (Å²) in [5.41, 5.74) is 2.17. The Morgan fingerprint density at radius 1 is 1.13 bits per heavy atom. The highest BCUT2D eigenvalue weighted by molar-refractivity contribution is 7.20. The lowest BCUT2D eigenvalue weighted by Gasteiger charge is -2.19. The van der Waals surface area contributed by atoms with Gasteiger partial charge in [-0.2, -0.15) is 0 Å². The third-order valence-electron chi connectivity index (χ3n) is 3.67. The van der Waals surface area contributed by atoms with E-state index in [-0.39, 0.29) is 6.61 Å². The van der Waals surface area contributed by atoms with Crippen molar-refractivity contribution in [3.8, 4) is 10.9 Å². The summed E-state index contributed by atoms with van der Waals surface area (Å²) in [5.74, 6) is 0.790. The van der Waals surface area contributed by atoms with Gasteiger partial charge < -0.3 is 9.84 Å². The van der Waals surface area contributed by atoms with Crippen LogP contribution in [0.1, 0.15) is 12.5 Å². The molecule has 0 aliphatic heterocycles. The van der Waals surface area contributed by atoms with Gasteiger partial charge in [0.15, 0.2) is 0 Å². The van der Waals surface area contributed by atoms with Gasteiger partial charge in [-0.25, -0.2) is 4.98 Å². The molecule has 0 saturated carbocycles. The van der Waals surface area contributed by atoms with E-state index in [0.29, 0.717) is 11.7 Å². The van der Waals surface area contributed by atoms with Crippen LogP contribution in [0, 0.1) is 0 Å². The Kier molecular flexibility index (Phi) is 5.23. The van der Waals surface area contributed by atoms with Gasteiger partial charge in [-0.05, 0) is 36.4 Å². The number of hydrogen-bond donors (Lipinski definition) is 1. The number of aliphatic hydroxyl groups excluding tert-OH is 1. The number of para-hydroxylation sites is 1. The van der Waals surface area contributed by atoms with Gasteiger partial charge >= 0.3 is 0 Å². The maximum absolute atomic E-state index is 9.05. The maximum atomic E-state index is 9.05. The largest absolute Gasteiger partial charge is 0.431 e. The second-order valence-electron chi connectivity index (χ2n) is 5.29. The minimum absolute atomic E-state index is 0.187. The molecular formula is C18H20N2O2S. The van der Waals surface area contributed by atoms with E-state index in [2.05, 4.69) is 28.9 Å². The number of aliphatic hydroxyl groups is 1. The van der Waals surface area contributed by atoms with Crippen LogP contribution in [-0.4, -0.2) is 34.7 Å². The molecule has 0 unspecified atom stereocenters. The fourth-order valence-corrected chi connectivity index (χ4v) is 3.24. The molecule has 0 spiro atoms. The van der Waals surface area contributed by atoms with Crippen LogP contribution in [0.15, 0.2) is 48.5 Å². The monoisotopic (exact) mass is 328 g/mol. The van der Waals surface area contributed by atoms with E-state index in [1.165, 1.54) is 5.56 Å². The molecule has 3 aromatic rings. The summed E-state index contributed by atoms with van der Waals surface area (Å²) in [5, 5.41) is 9.71. The van der Waals surface area contributed by atoms with Crippen molar-refractivity contribution in [3.05, 3.63) is 54.1 Å². The number of likely N-dealkylation sites (N-methyl/N-ethyl adjacent to an activating group) is 1. The molecule has 0 radical (unpaired) electrons. The number of ether oxygens (including phenoxy) is 1. The smallest absolute Gasteiger partial charge is 0.279 e. The SMILES string of the molecule is CCN(CCO)Cc1ccc(Oc2nc3ccccc3s2)cc1. The van der Waals surface area contributed by atoms with Crippen molar-refractivity contribution in [3.63, 3.8) is 0 Å². The minimum Gasteiger partial charge on any atom is -0.431 e. The van der Waals surface area contributed by atoms with Crippen molar-refractivity contribution in [2.75, 3.05) is 19.7 Å². The van der Waals surface area contributed by atoms with Crippen molar-refractivity contribution < 1.29 is 9.84 Å². The Bertz CT molecular complexity index is 722. The first kappa shape index (κ1) is 15.9. The first-order valence-electron chi connectivity index (χ1n) is 7.74. The number of thiazole rings is 1. The Balaban J connectivity index is 1.67. The van der Waals surface area contributed by atoms with Gasteiger partial charge in [-0.15, -0.1) is 0 Å². The second kappa shape index (κ2) is 7.55. The van der Waals surface area contributed by atoms with Gasteiger partial charge in [0.25, 0.3) is 5.19 Å². The standard InChI is InChI=1S/C18H20N2O2S/c1-2-20(11-12-21)13-14-7-9-15(10-8-14)22-18-19-16-5-3-4-6-17(16)23-18/h3-10,21H,2,11-13H2,1H3. The molecule has 5 heteroatoms. The molecule has 3 rings (SSSR count). The predicted octanol–water partition coefficient (Wildman–Crippen LogP) is 3.90. The van der Waals surface area contributed by atoms with Crippen molar-refractivity contribution in [2.45, 2.75) is 13.5 Å². The number of benzene rings is 2. The van der Waals surface area contributed by atoms with Crippen LogP contribution >= 0.6 is 11.3 Å². The van der Waals surface area contributed by atoms with Crippen LogP contribution in [0.5, 0.6) is 10.9 Å². The van der Waals surface area contributed by atoms with Crippen LogP contribution in [0.25, 0.3) is 10.2 Å². The molecule has 4 nitrogen and oxygen atoms in total. The van der Waals surface area contributed by atoms with E-state index >= 15 is 0 Å². The van der Waals surface area contributed by atoms with Gasteiger partial charge in [-0.3, -0.25) is 4.90 Å². The maximum Gasteiger partial charge on any atom is 0.279 e. The normalized spacial score (nSPS) is 11.3. The molecule has 1 heterocycles. The molecule has 1 N–H and O–H groups in total. The number of aromatic nitrogens is 1. The fourth-order valence-electron chi connectivity index (χ4n) is 2.41. The van der Waals surface area contributed by atoms with Crippen molar-refractivity contribution in [1.29, 1.82) is 0 Å². The molecule has 0 bridgehead atoms. The van der Waals surface area contributed by atoms with Crippen LogP contribution in [0.4, 0.5) is 0 Å². The van der Waals surface area contributed by atoms with E-state index in [4.69, 9.17) is 9.84 Å². The third-order valence-corrected chi connectivity index (χ3v) is 4.59. The summed E-state index contributed by atoms with van der Waals surface area (Å²) in [7, 11) is 0. The highest BCUT2D eigenvalue weighted by atomic mass is 32.1. The van der Waals surface area contributed by atoms with E-state index in [1.54, 1.807) is 11.3 Å². The van der Waals surface area contributed by atoms with Crippen LogP contribution in [0.2, 0.25) is 0 Å². The molecule has 0 aliphatic carbocycles. The highest BCUT2D eigenvalue weighted by Gasteiger charge is 2.06. The molecule has 0 amide bonds. The van der Waals surface area contributed by atoms with Gasteiger partial charge in [0.05, 0.1) is 16.8 Å². The van der Waals surface area contributed by atoms with Crippen molar-refractivity contribution in [2.24, 2.45) is 0 Å². The molecule has 0 atom stereocenters. The lowest BCUT2D eigenvalue weighted by Crippen LogP contribution is -2.25.